The number of hydrogen-bond donors (Lipinski definition) is 5. The van der Waals surface area contributed by atoms with E-state index in [4.69, 9.17) is 17.5 Å². The Kier molecular flexibility index (Phi) is 17.3. The molecule has 2 spiro atoms. The highest BCUT2D eigenvalue weighted by Gasteiger charge is 2.71. The molecule has 8 aromatic rings. The number of aryl methyl sites for hydroxylation is 1. The third kappa shape index (κ3) is 11.1. The minimum Gasteiger partial charge on any atom is -0.508 e. The van der Waals surface area contributed by atoms with Crippen molar-refractivity contribution < 1.29 is 42.4 Å². The van der Waals surface area contributed by atoms with Crippen LogP contribution in [0.3, 0.4) is 0 Å². The first-order chi connectivity index (χ1) is 44.6. The van der Waals surface area contributed by atoms with Crippen molar-refractivity contribution in [3.63, 3.8) is 0 Å². The molecule has 482 valence electrons. The monoisotopic (exact) mass is 1260 g/mol. The molecule has 0 heterocycles. The summed E-state index contributed by atoms with van der Waals surface area (Å²) in [6.07, 6.45) is 16.6. The number of fused-ring (bicyclic) bond motifs is 8. The van der Waals surface area contributed by atoms with Crippen LogP contribution in [-0.2, 0) is 43.7 Å². The van der Waals surface area contributed by atoms with Crippen LogP contribution < -0.4 is 0 Å². The molecule has 0 amide bonds. The number of Topliss-reactive ketones (excluding diaryl/α,β-unsaturated/α-hetero) is 2. The minimum absolute atomic E-state index is 0.00833. The largest absolute Gasteiger partial charge is 0.508 e. The fourth-order valence-electron chi connectivity index (χ4n) is 21.2. The van der Waals surface area contributed by atoms with E-state index in [0.29, 0.717) is 46.7 Å². The number of aliphatic hydroxyl groups is 1. The average molecular weight is 1260 g/mol. The molecule has 6 fully saturated rings. The second kappa shape index (κ2) is 25.0. The summed E-state index contributed by atoms with van der Waals surface area (Å²) in [6, 6.07) is 70.8. The molecule has 0 radical (unpaired) electrons. The van der Waals surface area contributed by atoms with Gasteiger partial charge in [0, 0.05) is 46.6 Å². The predicted octanol–water partition coefficient (Wildman–Crippen LogP) is 18.0. The molecule has 93 heavy (non-hydrogen) atoms. The van der Waals surface area contributed by atoms with Gasteiger partial charge in [-0.05, 0) is 203 Å². The van der Waals surface area contributed by atoms with Crippen molar-refractivity contribution in [2.24, 2.45) is 45.3 Å². The fourth-order valence-corrected chi connectivity index (χ4v) is 21.2. The van der Waals surface area contributed by atoms with Crippen LogP contribution >= 0.6 is 0 Å². The topological polar surface area (TPSA) is 169 Å². The van der Waals surface area contributed by atoms with Crippen LogP contribution in [0.1, 0.15) is 202 Å². The molecule has 8 aliphatic rings. The van der Waals surface area contributed by atoms with Gasteiger partial charge in [-0.15, -0.1) is 0 Å². The molecule has 10 atom stereocenters. The van der Waals surface area contributed by atoms with Gasteiger partial charge in [0.2, 0.25) is 0 Å². The van der Waals surface area contributed by atoms with Crippen molar-refractivity contribution in [2.45, 2.75) is 159 Å². The van der Waals surface area contributed by atoms with E-state index in [0.717, 1.165) is 92.9 Å². The molecule has 16 rings (SSSR count). The van der Waals surface area contributed by atoms with Crippen molar-refractivity contribution in [3.05, 3.63) is 273 Å². The van der Waals surface area contributed by atoms with Gasteiger partial charge in [-0.1, -0.05) is 222 Å². The molecule has 0 saturated heterocycles. The summed E-state index contributed by atoms with van der Waals surface area (Å²) in [4.78, 5) is 27.0. The molecular formula is C83H90O9S. The van der Waals surface area contributed by atoms with E-state index in [9.17, 15) is 24.9 Å². The maximum atomic E-state index is 14.0. The van der Waals surface area contributed by atoms with Crippen LogP contribution in [-0.4, -0.2) is 44.4 Å². The SMILES string of the molecule is C[C@]12CCC(=O)[C@]13CC[C@]1(C)c4cc(C(c5ccccc5)c5ccccc5)c(O)c(C(c5ccccc5)c5ccccc5)c4CCC1C3CC2.C[C@]12CCC(=O)[C@]13CC[C@]1(C)c4ccc(O)cc4CCC1C3CC2.O=S(=O)(O)O.OC(c1ccccc1)c1ccccc1. The summed E-state index contributed by atoms with van der Waals surface area (Å²) in [5, 5.41) is 32.9. The predicted molar refractivity (Wildman–Crippen MR) is 367 cm³/mol. The van der Waals surface area contributed by atoms with Gasteiger partial charge in [0.25, 0.3) is 0 Å². The van der Waals surface area contributed by atoms with Crippen molar-refractivity contribution in [1.82, 2.24) is 0 Å². The van der Waals surface area contributed by atoms with Gasteiger partial charge in [0.15, 0.2) is 0 Å². The molecule has 5 N–H and O–H groups in total. The summed E-state index contributed by atoms with van der Waals surface area (Å²) >= 11 is 0. The van der Waals surface area contributed by atoms with Crippen LogP contribution in [0.25, 0.3) is 0 Å². The smallest absolute Gasteiger partial charge is 0.394 e. The standard InChI is InChI=1S/C48H48O2.C22H28O2.C13H12O.H2O4S/c1-46-27-25-39-38-24-23-36-40(47(38,2)29-30-48(39,46)41(49)26-28-46)31-37(42(32-15-7-3-8-16-32)33-17-9-4-10-18-33)45(50)44(36)43(34-19-11-5-12-20-34)35-21-13-6-14-22-35;1-20-9-7-18-17-5-3-14-13-15(23)4-6-16(14)21(17,2)11-12-22(18,20)19(24)8-10-20;14-13(11-7-3-1-4-8-11)12-9-5-2-6-10-12;1-5(2,3)4/h3-22,31,38-39,42-43,50H,23-30H2,1-2H3;4,6,13,17-18,23H,3,5,7-12H2,1-2H3;1-10,13-14H;(H2,1,2,3,4)/t38?,39?,46-,47-,48+;17?,18?,20-,21+,22+;;/m00../s1. The Morgan fingerprint density at radius 3 is 1.20 bits per heavy atom. The van der Waals surface area contributed by atoms with E-state index in [1.54, 1.807) is 0 Å². The highest BCUT2D eigenvalue weighted by Crippen LogP contribution is 2.75. The Balaban J connectivity index is 0.000000149. The highest BCUT2D eigenvalue weighted by atomic mass is 32.3. The lowest BCUT2D eigenvalue weighted by atomic mass is 9.46. The first kappa shape index (κ1) is 64.2. The molecule has 9 nitrogen and oxygen atoms in total. The number of ketones is 2. The van der Waals surface area contributed by atoms with Gasteiger partial charge < -0.3 is 15.3 Å². The lowest BCUT2D eigenvalue weighted by Crippen LogP contribution is -2.55. The molecule has 0 aliphatic heterocycles. The van der Waals surface area contributed by atoms with Crippen LogP contribution in [0.15, 0.2) is 206 Å². The third-order valence-corrected chi connectivity index (χ3v) is 25.5. The van der Waals surface area contributed by atoms with Crippen molar-refractivity contribution in [1.29, 1.82) is 0 Å². The molecule has 0 aromatic heterocycles. The number of hydrogen-bond acceptors (Lipinski definition) is 7. The van der Waals surface area contributed by atoms with Crippen molar-refractivity contribution in [3.8, 4) is 11.5 Å². The number of rotatable bonds is 8. The van der Waals surface area contributed by atoms with Crippen LogP contribution in [0.2, 0.25) is 0 Å². The zero-order chi connectivity index (χ0) is 65.1. The first-order valence-electron chi connectivity index (χ1n) is 34.1. The Morgan fingerprint density at radius 2 is 0.785 bits per heavy atom. The van der Waals surface area contributed by atoms with Gasteiger partial charge in [-0.3, -0.25) is 18.7 Å². The number of carbonyl (C=O) groups is 2. The summed E-state index contributed by atoms with van der Waals surface area (Å²) in [7, 11) is -4.67. The van der Waals surface area contributed by atoms with E-state index < -0.39 is 16.5 Å². The Morgan fingerprint density at radius 1 is 0.409 bits per heavy atom. The maximum Gasteiger partial charge on any atom is 0.394 e. The molecule has 4 unspecified atom stereocenters. The lowest BCUT2D eigenvalue weighted by molar-refractivity contribution is -0.140. The number of aliphatic hydroxyl groups excluding tert-OH is 1. The molecule has 6 saturated carbocycles. The number of phenolic OH excluding ortho intramolecular Hbond substituents is 2. The quantitative estimate of drug-likeness (QED) is 0.0734. The second-order valence-corrected chi connectivity index (χ2v) is 30.5. The van der Waals surface area contributed by atoms with E-state index in [1.165, 1.54) is 76.6 Å². The lowest BCUT2D eigenvalue weighted by Gasteiger charge is -2.57. The number of aromatic hydroxyl groups is 2. The highest BCUT2D eigenvalue weighted by molar-refractivity contribution is 7.79. The molecule has 10 heteroatoms. The van der Waals surface area contributed by atoms with Crippen molar-refractivity contribution >= 4 is 22.0 Å². The van der Waals surface area contributed by atoms with Gasteiger partial charge in [0.05, 0.1) is 0 Å². The van der Waals surface area contributed by atoms with Crippen LogP contribution in [0.4, 0.5) is 0 Å². The van der Waals surface area contributed by atoms with E-state index >= 15 is 0 Å². The fraction of sp³-hybridized carbons (Fsp3) is 0.398. The molecule has 8 aliphatic carbocycles. The Hall–Kier alpha value is -7.47. The summed E-state index contributed by atoms with van der Waals surface area (Å²) in [5.41, 5.74) is 14.6. The van der Waals surface area contributed by atoms with Crippen molar-refractivity contribution in [2.75, 3.05) is 0 Å². The number of carbonyl (C=O) groups excluding carboxylic acids is 2. The van der Waals surface area contributed by atoms with E-state index in [2.05, 4.69) is 161 Å². The minimum atomic E-state index is -4.67. The summed E-state index contributed by atoms with van der Waals surface area (Å²) < 4.78 is 31.6. The van der Waals surface area contributed by atoms with Gasteiger partial charge >= 0.3 is 10.4 Å². The molecular weight excluding hydrogens is 1170 g/mol. The number of benzene rings is 8. The van der Waals surface area contributed by atoms with Gasteiger partial charge in [-0.2, -0.15) is 8.42 Å². The molecule has 8 aromatic carbocycles. The van der Waals surface area contributed by atoms with Crippen LogP contribution in [0, 0.1) is 45.3 Å². The normalized spacial score (nSPS) is 29.3. The average Bonchev–Trinajstić information content (AvgIpc) is 1.53. The maximum absolute atomic E-state index is 14.0. The van der Waals surface area contributed by atoms with Crippen LogP contribution in [0.5, 0.6) is 11.5 Å². The van der Waals surface area contributed by atoms with E-state index in [-0.39, 0.29) is 44.3 Å². The second-order valence-electron chi connectivity index (χ2n) is 29.6. The third-order valence-electron chi connectivity index (χ3n) is 25.5. The Labute approximate surface area is 550 Å². The molecule has 0 bridgehead atoms. The number of phenols is 2. The van der Waals surface area contributed by atoms with Gasteiger partial charge in [-0.25, -0.2) is 0 Å². The summed E-state index contributed by atoms with van der Waals surface area (Å²) in [6.45, 7) is 9.83. The first-order valence-corrected chi connectivity index (χ1v) is 35.5. The zero-order valence-corrected chi connectivity index (χ0v) is 55.1. The van der Waals surface area contributed by atoms with E-state index in [1.807, 2.05) is 72.8 Å². The summed E-state index contributed by atoms with van der Waals surface area (Å²) in [5.74, 6) is 3.83. The Bertz CT molecular complexity index is 4000. The zero-order valence-electron chi connectivity index (χ0n) is 54.3. The van der Waals surface area contributed by atoms with Gasteiger partial charge in [0.1, 0.15) is 29.2 Å².